The van der Waals surface area contributed by atoms with Gasteiger partial charge in [-0.05, 0) is 48.2 Å². The zero-order valence-corrected chi connectivity index (χ0v) is 13.3. The Balaban J connectivity index is 2.09. The van der Waals surface area contributed by atoms with Crippen LogP contribution in [-0.4, -0.2) is 13.2 Å². The van der Waals surface area contributed by atoms with Crippen molar-refractivity contribution in [2.24, 2.45) is 5.84 Å². The molecule has 0 radical (unpaired) electrons. The van der Waals surface area contributed by atoms with E-state index in [1.54, 1.807) is 7.11 Å². The number of hydrazine groups is 1. The lowest BCUT2D eigenvalue weighted by Crippen LogP contribution is -2.38. The second-order valence-electron chi connectivity index (χ2n) is 4.82. The maximum atomic E-state index is 6.20. The van der Waals surface area contributed by atoms with Gasteiger partial charge in [0.15, 0.2) is 0 Å². The van der Waals surface area contributed by atoms with Crippen molar-refractivity contribution >= 4 is 23.2 Å². The lowest BCUT2D eigenvalue weighted by molar-refractivity contribution is 0.414. The van der Waals surface area contributed by atoms with Crippen molar-refractivity contribution in [3.05, 3.63) is 63.6 Å². The summed E-state index contributed by atoms with van der Waals surface area (Å²) in [5, 5.41) is 1.33. The standard InChI is InChI=1S/C16H18Cl2N2O/c1-21-13-7-5-11(6-8-13)9-12(20-19)10-14-15(17)3-2-4-16(14)18/h2-8,12,20H,9-10,19H2,1H3. The van der Waals surface area contributed by atoms with Gasteiger partial charge in [-0.15, -0.1) is 0 Å². The molecule has 0 aromatic heterocycles. The minimum atomic E-state index is 0.0517. The molecular formula is C16H18Cl2N2O. The van der Waals surface area contributed by atoms with Crippen LogP contribution in [0.2, 0.25) is 10.0 Å². The first-order valence-electron chi connectivity index (χ1n) is 6.66. The highest BCUT2D eigenvalue weighted by atomic mass is 35.5. The van der Waals surface area contributed by atoms with Gasteiger partial charge < -0.3 is 4.74 Å². The second kappa shape index (κ2) is 7.66. The van der Waals surface area contributed by atoms with E-state index in [1.165, 1.54) is 5.56 Å². The van der Waals surface area contributed by atoms with Crippen molar-refractivity contribution in [3.8, 4) is 5.75 Å². The van der Waals surface area contributed by atoms with Crippen LogP contribution in [0.25, 0.3) is 0 Å². The summed E-state index contributed by atoms with van der Waals surface area (Å²) in [6, 6.07) is 13.5. The van der Waals surface area contributed by atoms with Crippen molar-refractivity contribution in [1.82, 2.24) is 5.43 Å². The van der Waals surface area contributed by atoms with Crippen LogP contribution in [-0.2, 0) is 12.8 Å². The number of methoxy groups -OCH3 is 1. The third-order valence-electron chi connectivity index (χ3n) is 3.39. The number of hydrogen-bond donors (Lipinski definition) is 2. The van der Waals surface area contributed by atoms with Gasteiger partial charge in [0.1, 0.15) is 5.75 Å². The fraction of sp³-hybridized carbons (Fsp3) is 0.250. The number of ether oxygens (including phenoxy) is 1. The van der Waals surface area contributed by atoms with E-state index in [4.69, 9.17) is 33.8 Å². The minimum Gasteiger partial charge on any atom is -0.497 e. The number of benzene rings is 2. The number of nitrogens with two attached hydrogens (primary N) is 1. The van der Waals surface area contributed by atoms with Gasteiger partial charge in [0.05, 0.1) is 7.11 Å². The highest BCUT2D eigenvalue weighted by Crippen LogP contribution is 2.26. The van der Waals surface area contributed by atoms with E-state index in [0.717, 1.165) is 17.7 Å². The van der Waals surface area contributed by atoms with Crippen molar-refractivity contribution < 1.29 is 4.74 Å². The van der Waals surface area contributed by atoms with Gasteiger partial charge in [0.2, 0.25) is 0 Å². The fourth-order valence-electron chi connectivity index (χ4n) is 2.21. The summed E-state index contributed by atoms with van der Waals surface area (Å²) in [6.07, 6.45) is 1.45. The smallest absolute Gasteiger partial charge is 0.118 e. The molecule has 0 fully saturated rings. The third-order valence-corrected chi connectivity index (χ3v) is 4.10. The summed E-state index contributed by atoms with van der Waals surface area (Å²) >= 11 is 12.4. The molecule has 0 aliphatic carbocycles. The molecule has 2 rings (SSSR count). The summed E-state index contributed by atoms with van der Waals surface area (Å²) in [7, 11) is 1.65. The second-order valence-corrected chi connectivity index (χ2v) is 5.63. The van der Waals surface area contributed by atoms with Crippen LogP contribution >= 0.6 is 23.2 Å². The molecule has 3 N–H and O–H groups in total. The molecule has 1 unspecified atom stereocenters. The Hall–Kier alpha value is -1.26. The van der Waals surface area contributed by atoms with Gasteiger partial charge in [0, 0.05) is 16.1 Å². The lowest BCUT2D eigenvalue weighted by Gasteiger charge is -2.18. The van der Waals surface area contributed by atoms with E-state index in [2.05, 4.69) is 5.43 Å². The molecule has 0 bridgehead atoms. The molecule has 21 heavy (non-hydrogen) atoms. The maximum Gasteiger partial charge on any atom is 0.118 e. The quantitative estimate of drug-likeness (QED) is 0.630. The maximum absolute atomic E-state index is 6.20. The fourth-order valence-corrected chi connectivity index (χ4v) is 2.76. The molecule has 1 atom stereocenters. The van der Waals surface area contributed by atoms with Crippen molar-refractivity contribution in [3.63, 3.8) is 0 Å². The van der Waals surface area contributed by atoms with Crippen LogP contribution in [0.1, 0.15) is 11.1 Å². The van der Waals surface area contributed by atoms with E-state index in [9.17, 15) is 0 Å². The van der Waals surface area contributed by atoms with Crippen molar-refractivity contribution in [2.45, 2.75) is 18.9 Å². The molecule has 0 heterocycles. The van der Waals surface area contributed by atoms with E-state index >= 15 is 0 Å². The Bertz CT molecular complexity index is 567. The molecule has 112 valence electrons. The van der Waals surface area contributed by atoms with E-state index in [1.807, 2.05) is 42.5 Å². The van der Waals surface area contributed by atoms with Crippen LogP contribution < -0.4 is 16.0 Å². The van der Waals surface area contributed by atoms with Crippen LogP contribution in [0, 0.1) is 0 Å². The van der Waals surface area contributed by atoms with Gasteiger partial charge >= 0.3 is 0 Å². The van der Waals surface area contributed by atoms with Gasteiger partial charge in [-0.25, -0.2) is 0 Å². The average molecular weight is 325 g/mol. The first-order valence-corrected chi connectivity index (χ1v) is 7.41. The van der Waals surface area contributed by atoms with Crippen LogP contribution in [0.4, 0.5) is 0 Å². The molecule has 0 aliphatic rings. The zero-order chi connectivity index (χ0) is 15.2. The summed E-state index contributed by atoms with van der Waals surface area (Å²) in [5.41, 5.74) is 4.92. The van der Waals surface area contributed by atoms with Crippen LogP contribution in [0.3, 0.4) is 0 Å². The Morgan fingerprint density at radius 3 is 2.19 bits per heavy atom. The number of halogens is 2. The predicted molar refractivity (Wildman–Crippen MR) is 88.0 cm³/mol. The third kappa shape index (κ3) is 4.35. The van der Waals surface area contributed by atoms with E-state index < -0.39 is 0 Å². The van der Waals surface area contributed by atoms with Crippen LogP contribution in [0.15, 0.2) is 42.5 Å². The van der Waals surface area contributed by atoms with E-state index in [-0.39, 0.29) is 6.04 Å². The molecule has 2 aromatic rings. The average Bonchev–Trinajstić information content (AvgIpc) is 2.50. The molecule has 3 nitrogen and oxygen atoms in total. The summed E-state index contributed by atoms with van der Waals surface area (Å²) in [4.78, 5) is 0. The Kier molecular flexibility index (Phi) is 5.88. The lowest BCUT2D eigenvalue weighted by atomic mass is 9.99. The summed E-state index contributed by atoms with van der Waals surface area (Å²) in [6.45, 7) is 0. The molecule has 5 heteroatoms. The highest BCUT2D eigenvalue weighted by Gasteiger charge is 2.13. The number of nitrogens with one attached hydrogen (secondary N) is 1. The summed E-state index contributed by atoms with van der Waals surface area (Å²) < 4.78 is 5.15. The Morgan fingerprint density at radius 2 is 1.67 bits per heavy atom. The van der Waals surface area contributed by atoms with Crippen LogP contribution in [0.5, 0.6) is 5.75 Å². The SMILES string of the molecule is COc1ccc(CC(Cc2c(Cl)cccc2Cl)NN)cc1. The van der Waals surface area contributed by atoms with Crippen molar-refractivity contribution in [1.29, 1.82) is 0 Å². The summed E-state index contributed by atoms with van der Waals surface area (Å²) in [5.74, 6) is 6.50. The van der Waals surface area contributed by atoms with Gasteiger partial charge in [-0.2, -0.15) is 0 Å². The zero-order valence-electron chi connectivity index (χ0n) is 11.8. The molecule has 2 aromatic carbocycles. The molecule has 0 saturated carbocycles. The van der Waals surface area contributed by atoms with Crippen molar-refractivity contribution in [2.75, 3.05) is 7.11 Å². The molecule has 0 aliphatic heterocycles. The van der Waals surface area contributed by atoms with Gasteiger partial charge in [-0.3, -0.25) is 11.3 Å². The topological polar surface area (TPSA) is 47.3 Å². The first kappa shape index (κ1) is 16.1. The normalized spacial score (nSPS) is 12.2. The van der Waals surface area contributed by atoms with E-state index in [0.29, 0.717) is 16.5 Å². The number of hydrogen-bond acceptors (Lipinski definition) is 3. The monoisotopic (exact) mass is 324 g/mol. The number of rotatable bonds is 6. The molecule has 0 saturated heterocycles. The highest BCUT2D eigenvalue weighted by molar-refractivity contribution is 6.36. The molecule has 0 spiro atoms. The molecule has 0 amide bonds. The van der Waals surface area contributed by atoms with Gasteiger partial charge in [0.25, 0.3) is 0 Å². The largest absolute Gasteiger partial charge is 0.497 e. The van der Waals surface area contributed by atoms with Gasteiger partial charge in [-0.1, -0.05) is 41.4 Å². The molecular weight excluding hydrogens is 307 g/mol. The Labute approximate surface area is 135 Å². The first-order chi connectivity index (χ1) is 10.1. The minimum absolute atomic E-state index is 0.0517. The Morgan fingerprint density at radius 1 is 1.05 bits per heavy atom. The predicted octanol–water partition coefficient (Wildman–Crippen LogP) is 3.62.